The molecule has 5 aliphatic rings. The van der Waals surface area contributed by atoms with Gasteiger partial charge in [-0.05, 0) is 209 Å². The van der Waals surface area contributed by atoms with Gasteiger partial charge in [-0.15, -0.1) is 0 Å². The number of halogens is 1. The van der Waals surface area contributed by atoms with Gasteiger partial charge in [-0.2, -0.15) is 0 Å². The zero-order valence-corrected chi connectivity index (χ0v) is 75.0. The van der Waals surface area contributed by atoms with E-state index in [2.05, 4.69) is 73.6 Å². The highest BCUT2D eigenvalue weighted by molar-refractivity contribution is 7.91. The average molecular weight is 1780 g/mol. The number of carbonyl (C=O) groups is 9. The Morgan fingerprint density at radius 1 is 0.547 bits per heavy atom. The van der Waals surface area contributed by atoms with Crippen molar-refractivity contribution in [1.82, 2.24) is 77.7 Å². The van der Waals surface area contributed by atoms with Crippen LogP contribution >= 0.6 is 0 Å². The van der Waals surface area contributed by atoms with Crippen molar-refractivity contribution in [2.45, 2.75) is 175 Å². The molecule has 682 valence electrons. The predicted octanol–water partition coefficient (Wildman–Crippen LogP) is 13.9. The summed E-state index contributed by atoms with van der Waals surface area (Å²) < 4.78 is 41.2. The first kappa shape index (κ1) is 99.5. The van der Waals surface area contributed by atoms with E-state index in [1.807, 2.05) is 96.1 Å². The molecule has 9 aromatic rings. The first-order valence-corrected chi connectivity index (χ1v) is 44.5. The summed E-state index contributed by atoms with van der Waals surface area (Å²) in [6, 6.07) is 40.8. The summed E-state index contributed by atoms with van der Waals surface area (Å²) >= 11 is 0. The van der Waals surface area contributed by atoms with E-state index in [9.17, 15) is 56.0 Å². The number of nitrogens with zero attached hydrogens (tertiary/aromatic N) is 7. The molecule has 5 heterocycles. The number of hydrogen-bond donors (Lipinski definition) is 13. The van der Waals surface area contributed by atoms with Crippen LogP contribution < -0.4 is 43.4 Å². The maximum absolute atomic E-state index is 14.7. The summed E-state index contributed by atoms with van der Waals surface area (Å²) in [5, 5.41) is 52.8. The fourth-order valence-electron chi connectivity index (χ4n) is 17.0. The number of piperidine rings is 1. The summed E-state index contributed by atoms with van der Waals surface area (Å²) in [6.07, 6.45) is 18.9. The van der Waals surface area contributed by atoms with Crippen LogP contribution in [0.3, 0.4) is 0 Å². The molecular formula is C95H118FN15O16S. The Kier molecular flexibility index (Phi) is 35.7. The minimum Gasteiger partial charge on any atom is -0.349 e. The third-order valence-corrected chi connectivity index (χ3v) is 25.7. The van der Waals surface area contributed by atoms with E-state index in [0.29, 0.717) is 63.9 Å². The first-order chi connectivity index (χ1) is 60.9. The topological polar surface area (TPSA) is 458 Å². The predicted molar refractivity (Wildman–Crippen MR) is 475 cm³/mol. The molecule has 4 bridgehead atoms. The Balaban J connectivity index is 0.000000181. The van der Waals surface area contributed by atoms with E-state index in [1.54, 1.807) is 108 Å². The van der Waals surface area contributed by atoms with Gasteiger partial charge in [0.15, 0.2) is 21.4 Å². The third kappa shape index (κ3) is 26.9. The molecule has 1 aliphatic heterocycles. The fraction of sp³-hybridized carbons (Fsp3) is 0.411. The van der Waals surface area contributed by atoms with Crippen LogP contribution in [0, 0.1) is 59.1 Å². The van der Waals surface area contributed by atoms with E-state index < -0.39 is 51.1 Å². The molecule has 5 atom stereocenters. The maximum atomic E-state index is 14.7. The Morgan fingerprint density at radius 3 is 1.54 bits per heavy atom. The van der Waals surface area contributed by atoms with Crippen molar-refractivity contribution in [3.63, 3.8) is 0 Å². The molecule has 5 aromatic carbocycles. The van der Waals surface area contributed by atoms with Gasteiger partial charge in [0.1, 0.15) is 17.3 Å². The van der Waals surface area contributed by atoms with Gasteiger partial charge in [0.05, 0.1) is 45.6 Å². The number of hydrogen-bond acceptors (Lipinski definition) is 22. The van der Waals surface area contributed by atoms with Gasteiger partial charge in [-0.25, -0.2) is 60.1 Å². The summed E-state index contributed by atoms with van der Waals surface area (Å²) in [6.45, 7) is 21.7. The minimum atomic E-state index is -3.45. The second kappa shape index (κ2) is 46.0. The molecular weight excluding hydrogens is 1660 g/mol. The van der Waals surface area contributed by atoms with Crippen LogP contribution in [0.2, 0.25) is 0 Å². The second-order valence-electron chi connectivity index (χ2n) is 35.2. The highest BCUT2D eigenvalue weighted by atomic mass is 32.2. The number of aromatic nitrogens is 6. The SMILES string of the molecule is CC(C)[C@@H](CC(=O)c1ccc(-c2ccccc2)cc1)c1ccc(C(=O)NO)cc1F.CC(C)[C@H](NC(=O)C12CC3CC(CC(C3)C1)C2)c1ncc(C(=O)NO)cn1.CCC[C@H](NC(=O)c1cccn1C)c1cc(C(=O)NO)ccn1.CN1CCC(C(=O)N[C@H](c2ccc(C(=O)NO)cc2)C(C)(C)C)CC1.Cc1ccc(S(=O)(=O)C[C@H](C)c2ncc(C(=O)NO)cn2)cc1. The van der Waals surface area contributed by atoms with Gasteiger partial charge in [-0.3, -0.25) is 74.2 Å². The molecule has 0 radical (unpaired) electrons. The van der Waals surface area contributed by atoms with Crippen molar-refractivity contribution in [3.05, 3.63) is 262 Å². The van der Waals surface area contributed by atoms with Gasteiger partial charge in [0.25, 0.3) is 35.4 Å². The Labute approximate surface area is 745 Å². The lowest BCUT2D eigenvalue weighted by Gasteiger charge is -2.55. The molecule has 31 nitrogen and oxygen atoms in total. The van der Waals surface area contributed by atoms with Crippen molar-refractivity contribution in [1.29, 1.82) is 0 Å². The molecule has 4 aromatic heterocycles. The van der Waals surface area contributed by atoms with Crippen LogP contribution in [-0.4, -0.2) is 148 Å². The number of aryl methyl sites for hydroxylation is 2. The Hall–Kier alpha value is -12.2. The zero-order chi connectivity index (χ0) is 93.3. The molecule has 5 fully saturated rings. The number of Topliss-reactive ketones (excluding diaryl/α,β-unsaturated/α-hetero) is 1. The van der Waals surface area contributed by atoms with Gasteiger partial charge >= 0.3 is 0 Å². The Bertz CT molecular complexity index is 5350. The molecule has 8 amide bonds. The quantitative estimate of drug-likeness (QED) is 0.0129. The Morgan fingerprint density at radius 2 is 1.05 bits per heavy atom. The number of amides is 8. The van der Waals surface area contributed by atoms with Crippen LogP contribution in [0.15, 0.2) is 188 Å². The largest absolute Gasteiger partial charge is 0.349 e. The van der Waals surface area contributed by atoms with E-state index in [0.717, 1.165) is 79.9 Å². The fourth-order valence-corrected chi connectivity index (χ4v) is 18.6. The van der Waals surface area contributed by atoms with Crippen LogP contribution in [0.4, 0.5) is 4.39 Å². The summed E-state index contributed by atoms with van der Waals surface area (Å²) in [7, 11) is 0.425. The number of ketones is 1. The highest BCUT2D eigenvalue weighted by Gasteiger charge is 2.55. The molecule has 0 unspecified atom stereocenters. The lowest BCUT2D eigenvalue weighted by atomic mass is 9.49. The number of pyridine rings is 1. The second-order valence-corrected chi connectivity index (χ2v) is 37.2. The van der Waals surface area contributed by atoms with Crippen LogP contribution in [0.1, 0.15) is 270 Å². The van der Waals surface area contributed by atoms with E-state index in [-0.39, 0.29) is 115 Å². The normalized spacial score (nSPS) is 17.5. The van der Waals surface area contributed by atoms with E-state index in [1.165, 1.54) is 79.4 Å². The number of rotatable bonds is 27. The third-order valence-electron chi connectivity index (χ3n) is 23.8. The first-order valence-electron chi connectivity index (χ1n) is 42.8. The average Bonchev–Trinajstić information content (AvgIpc) is 0.785. The standard InChI is InChI=1S/C25H24FNO3.C20H28N4O3.C19H29N3O3.C16H20N4O3.C15H17N3O4S/c1-16(2)22(21-13-12-20(14-23(21)26)25(29)27-30)15-24(28)19-10-8-18(9-11-19)17-6-4-3-5-7-17;1-11(2)16(17-21-9-15(10-22-17)18(25)24-27)23-19(26)20-6-12-3-13(7-20)5-14(4-12)8-20;1-19(2,3)16(13-5-7-14(8-6-13)18(24)21-25)20-17(23)15-9-11-22(4)12-10-15;1-3-5-12(18-16(22)14-6-4-9-20(14)2)13-10-11(7-8-17-13)15(21)19-23;1-10-3-5-13(6-4-10)23(21,22)9-11(2)14-16-7-12(8-17-14)15(19)18-20/h3-14,16,22,30H,15H2,1-2H3,(H,27,29);9-14,16,27H,3-8H2,1-2H3,(H,23,26)(H,24,25);5-8,15-16,25H,9-12H2,1-4H3,(H,20,23)(H,21,24);4,6-10,12,23H,3,5H2,1-2H3,(H,18,22)(H,19,21);3-8,11,20H,9H2,1-2H3,(H,18,19)/t22-;12?,13?,14?,16-,20?;16-;12-;11-/m10100/s1. The number of benzene rings is 5. The van der Waals surface area contributed by atoms with E-state index >= 15 is 0 Å². The molecule has 4 saturated carbocycles. The van der Waals surface area contributed by atoms with Crippen molar-refractivity contribution >= 4 is 62.9 Å². The van der Waals surface area contributed by atoms with Gasteiger partial charge in [0.2, 0.25) is 11.8 Å². The number of hydroxylamine groups is 5. The highest BCUT2D eigenvalue weighted by Crippen LogP contribution is 2.60. The summed E-state index contributed by atoms with van der Waals surface area (Å²) in [5.74, 6) is -1.65. The smallest absolute Gasteiger partial charge is 0.277 e. The number of nitrogens with one attached hydrogen (secondary N) is 8. The van der Waals surface area contributed by atoms with Crippen LogP contribution in [0.5, 0.6) is 0 Å². The van der Waals surface area contributed by atoms with Crippen molar-refractivity contribution < 1.29 is 82.0 Å². The number of carbonyl (C=O) groups excluding carboxylic acids is 9. The molecule has 13 N–H and O–H groups in total. The van der Waals surface area contributed by atoms with E-state index in [4.69, 9.17) is 26.0 Å². The van der Waals surface area contributed by atoms with Crippen LogP contribution in [0.25, 0.3) is 11.1 Å². The maximum Gasteiger partial charge on any atom is 0.277 e. The van der Waals surface area contributed by atoms with Crippen molar-refractivity contribution in [2.75, 3.05) is 25.9 Å². The zero-order valence-electron chi connectivity index (χ0n) is 74.2. The molecule has 128 heavy (non-hydrogen) atoms. The monoisotopic (exact) mass is 1780 g/mol. The summed E-state index contributed by atoms with van der Waals surface area (Å²) in [4.78, 5) is 132. The molecule has 14 rings (SSSR count). The molecule has 4 aliphatic carbocycles. The molecule has 0 spiro atoms. The number of sulfone groups is 1. The molecule has 33 heteroatoms. The molecule has 1 saturated heterocycles. The van der Waals surface area contributed by atoms with Crippen LogP contribution in [-0.2, 0) is 26.5 Å². The van der Waals surface area contributed by atoms with Gasteiger partial charge < -0.3 is 25.4 Å². The lowest BCUT2D eigenvalue weighted by molar-refractivity contribution is -0.147. The summed E-state index contributed by atoms with van der Waals surface area (Å²) in [5.41, 5.74) is 14.5. The minimum absolute atomic E-state index is 0.0177. The number of likely N-dealkylation sites (tertiary alicyclic amines) is 1. The van der Waals surface area contributed by atoms with Crippen molar-refractivity contribution in [3.8, 4) is 11.1 Å². The lowest BCUT2D eigenvalue weighted by Crippen LogP contribution is -2.54. The van der Waals surface area contributed by atoms with Gasteiger partial charge in [0, 0.05) is 90.2 Å². The van der Waals surface area contributed by atoms with Crippen molar-refractivity contribution in [2.24, 2.45) is 53.4 Å². The van der Waals surface area contributed by atoms with Gasteiger partial charge in [-0.1, -0.05) is 159 Å².